The Morgan fingerprint density at radius 1 is 1.52 bits per heavy atom. The highest BCUT2D eigenvalue weighted by Gasteiger charge is 2.26. The summed E-state index contributed by atoms with van der Waals surface area (Å²) in [5.41, 5.74) is 0.419. The number of benzene rings is 1. The molecule has 0 aromatic heterocycles. The average molecular weight is 332 g/mol. The van der Waals surface area contributed by atoms with Crippen LogP contribution in [0.4, 0.5) is 5.69 Å². The first kappa shape index (κ1) is 15.9. The Morgan fingerprint density at radius 3 is 2.76 bits per heavy atom. The molecule has 1 aromatic rings. The zero-order valence-corrected chi connectivity index (χ0v) is 12.9. The number of rotatable bonds is 5. The van der Waals surface area contributed by atoms with Gasteiger partial charge in [-0.2, -0.15) is 0 Å². The van der Waals surface area contributed by atoms with Crippen molar-refractivity contribution in [3.05, 3.63) is 28.2 Å². The Bertz CT molecular complexity index is 545. The highest BCUT2D eigenvalue weighted by atomic mass is 35.5. The number of halogens is 2. The second-order valence-electron chi connectivity index (χ2n) is 4.38. The maximum atomic E-state index is 11.0. The van der Waals surface area contributed by atoms with Crippen LogP contribution in [0, 0.1) is 0 Å². The van der Waals surface area contributed by atoms with Crippen LogP contribution in [-0.2, 0) is 9.63 Å². The lowest BCUT2D eigenvalue weighted by molar-refractivity contribution is -0.179. The van der Waals surface area contributed by atoms with Crippen molar-refractivity contribution in [2.45, 2.75) is 19.4 Å². The Kier molecular flexibility index (Phi) is 5.27. The van der Waals surface area contributed by atoms with Crippen molar-refractivity contribution in [3.63, 3.8) is 0 Å². The van der Waals surface area contributed by atoms with Gasteiger partial charge in [-0.3, -0.25) is 4.84 Å². The molecule has 0 saturated carbocycles. The summed E-state index contributed by atoms with van der Waals surface area (Å²) in [6.45, 7) is 2.83. The largest absolute Gasteiger partial charge is 0.479 e. The van der Waals surface area contributed by atoms with Gasteiger partial charge in [0.05, 0.1) is 16.6 Å². The molecule has 8 heteroatoms. The minimum absolute atomic E-state index is 0.353. The zero-order chi connectivity index (χ0) is 15.4. The zero-order valence-electron chi connectivity index (χ0n) is 11.3. The summed E-state index contributed by atoms with van der Waals surface area (Å²) in [5, 5.41) is 14.3. The molecule has 1 unspecified atom stereocenters. The minimum Gasteiger partial charge on any atom is -0.479 e. The third-order valence-electron chi connectivity index (χ3n) is 2.89. The Labute approximate surface area is 132 Å². The van der Waals surface area contributed by atoms with Crippen molar-refractivity contribution in [2.75, 3.05) is 13.1 Å². The van der Waals surface area contributed by atoms with Gasteiger partial charge in [0.1, 0.15) is 5.69 Å². The Hall–Kier alpha value is -1.50. The van der Waals surface area contributed by atoms with E-state index in [1.54, 1.807) is 25.1 Å². The number of nitrogens with zero attached hydrogens (tertiary/aromatic N) is 2. The predicted molar refractivity (Wildman–Crippen MR) is 81.1 cm³/mol. The van der Waals surface area contributed by atoms with Crippen LogP contribution < -0.4 is 5.32 Å². The van der Waals surface area contributed by atoms with Gasteiger partial charge in [0.15, 0.2) is 6.10 Å². The first-order valence-corrected chi connectivity index (χ1v) is 7.22. The van der Waals surface area contributed by atoms with Gasteiger partial charge < -0.3 is 10.4 Å². The number of guanidine groups is 1. The van der Waals surface area contributed by atoms with Crippen LogP contribution in [0.25, 0.3) is 0 Å². The van der Waals surface area contributed by atoms with Crippen LogP contribution >= 0.6 is 23.2 Å². The average Bonchev–Trinajstić information content (AvgIpc) is 2.87. The molecule has 0 spiro atoms. The first-order valence-electron chi connectivity index (χ1n) is 6.46. The van der Waals surface area contributed by atoms with Gasteiger partial charge in [-0.25, -0.2) is 14.9 Å². The van der Waals surface area contributed by atoms with Gasteiger partial charge >= 0.3 is 5.97 Å². The lowest BCUT2D eigenvalue weighted by Gasteiger charge is -2.21. The van der Waals surface area contributed by atoms with E-state index in [1.165, 1.54) is 5.06 Å². The van der Waals surface area contributed by atoms with Gasteiger partial charge in [-0.1, -0.05) is 36.2 Å². The fraction of sp³-hybridized carbons (Fsp3) is 0.385. The number of nitrogens with one attached hydrogen (secondary N) is 1. The molecule has 1 fully saturated rings. The maximum absolute atomic E-state index is 11.0. The van der Waals surface area contributed by atoms with E-state index < -0.39 is 12.1 Å². The first-order chi connectivity index (χ1) is 10.0. The molecule has 6 nitrogen and oxygen atoms in total. The van der Waals surface area contributed by atoms with E-state index in [0.717, 1.165) is 0 Å². The molecule has 0 aliphatic carbocycles. The van der Waals surface area contributed by atoms with E-state index in [9.17, 15) is 4.79 Å². The van der Waals surface area contributed by atoms with Gasteiger partial charge in [0.25, 0.3) is 0 Å². The van der Waals surface area contributed by atoms with Gasteiger partial charge in [0.2, 0.25) is 5.96 Å². The number of hydrogen-bond donors (Lipinski definition) is 2. The third kappa shape index (κ3) is 3.78. The van der Waals surface area contributed by atoms with Crippen molar-refractivity contribution in [1.82, 2.24) is 10.4 Å². The smallest absolute Gasteiger partial charge is 0.335 e. The highest BCUT2D eigenvalue weighted by molar-refractivity contribution is 6.38. The molecule has 1 atom stereocenters. The van der Waals surface area contributed by atoms with Crippen molar-refractivity contribution < 1.29 is 14.7 Å². The normalized spacial score (nSPS) is 17.9. The molecule has 2 N–H and O–H groups in total. The van der Waals surface area contributed by atoms with Crippen LogP contribution in [0.5, 0.6) is 0 Å². The molecule has 21 heavy (non-hydrogen) atoms. The summed E-state index contributed by atoms with van der Waals surface area (Å²) in [6, 6.07) is 5.08. The van der Waals surface area contributed by atoms with Crippen LogP contribution in [0.1, 0.15) is 13.3 Å². The molecule has 1 saturated heterocycles. The molecule has 0 radical (unpaired) electrons. The maximum Gasteiger partial charge on any atom is 0.335 e. The van der Waals surface area contributed by atoms with Crippen molar-refractivity contribution in [1.29, 1.82) is 0 Å². The summed E-state index contributed by atoms with van der Waals surface area (Å²) in [4.78, 5) is 20.8. The molecule has 114 valence electrons. The Balaban J connectivity index is 2.22. The van der Waals surface area contributed by atoms with Gasteiger partial charge in [-0.15, -0.1) is 0 Å². The number of carboxylic acids is 1. The highest BCUT2D eigenvalue weighted by Crippen LogP contribution is 2.33. The summed E-state index contributed by atoms with van der Waals surface area (Å²) in [5.74, 6) is -0.621. The number of hydrogen-bond acceptors (Lipinski definition) is 3. The summed E-state index contributed by atoms with van der Waals surface area (Å²) in [6.07, 6.45) is -0.566. The molecule has 1 aliphatic heterocycles. The van der Waals surface area contributed by atoms with E-state index >= 15 is 0 Å². The second-order valence-corrected chi connectivity index (χ2v) is 5.19. The molecule has 1 aromatic carbocycles. The number of para-hydroxylation sites is 1. The standard InChI is InChI=1S/C13H15Cl2N3O3/c1-2-10(12(19)20)21-18-7-6-16-13(18)17-11-8(14)4-3-5-9(11)15/h3-5,10H,2,6-7H2,1H3,(H,16,17)(H,19,20). The quantitative estimate of drug-likeness (QED) is 0.867. The number of hydroxylamine groups is 2. The lowest BCUT2D eigenvalue weighted by Crippen LogP contribution is -2.37. The van der Waals surface area contributed by atoms with Crippen LogP contribution in [0.15, 0.2) is 23.2 Å². The minimum atomic E-state index is -1.01. The van der Waals surface area contributed by atoms with Crippen LogP contribution in [-0.4, -0.2) is 41.3 Å². The van der Waals surface area contributed by atoms with Crippen LogP contribution in [0.3, 0.4) is 0 Å². The lowest BCUT2D eigenvalue weighted by atomic mass is 10.3. The van der Waals surface area contributed by atoms with E-state index in [4.69, 9.17) is 33.1 Å². The van der Waals surface area contributed by atoms with Gasteiger partial charge in [-0.05, 0) is 18.6 Å². The number of carboxylic acid groups (broad SMARTS) is 1. The molecule has 0 amide bonds. The Morgan fingerprint density at radius 2 is 2.19 bits per heavy atom. The molecular weight excluding hydrogens is 317 g/mol. The summed E-state index contributed by atoms with van der Waals surface area (Å²) in [7, 11) is 0. The predicted octanol–water partition coefficient (Wildman–Crippen LogP) is 2.68. The van der Waals surface area contributed by atoms with E-state index in [1.807, 2.05) is 0 Å². The summed E-state index contributed by atoms with van der Waals surface area (Å²) < 4.78 is 0. The molecule has 2 rings (SSSR count). The van der Waals surface area contributed by atoms with E-state index in [0.29, 0.717) is 41.2 Å². The molecule has 0 bridgehead atoms. The summed E-state index contributed by atoms with van der Waals surface area (Å²) >= 11 is 12.1. The van der Waals surface area contributed by atoms with Crippen molar-refractivity contribution in [3.8, 4) is 0 Å². The van der Waals surface area contributed by atoms with E-state index in [2.05, 4.69) is 10.3 Å². The van der Waals surface area contributed by atoms with E-state index in [-0.39, 0.29) is 0 Å². The number of aliphatic carboxylic acids is 1. The van der Waals surface area contributed by atoms with Crippen molar-refractivity contribution in [2.24, 2.45) is 4.99 Å². The SMILES string of the molecule is CCC(ON1CCN/C1=N\c1c(Cl)cccc1Cl)C(=O)O. The monoisotopic (exact) mass is 331 g/mol. The third-order valence-corrected chi connectivity index (χ3v) is 3.50. The van der Waals surface area contributed by atoms with Crippen LogP contribution in [0.2, 0.25) is 10.0 Å². The fourth-order valence-electron chi connectivity index (χ4n) is 1.81. The second kappa shape index (κ2) is 6.98. The molecule has 1 aliphatic rings. The molecular formula is C13H15Cl2N3O3. The number of carbonyl (C=O) groups is 1. The van der Waals surface area contributed by atoms with Crippen molar-refractivity contribution >= 4 is 40.8 Å². The number of aliphatic imine (C=N–C) groups is 1. The fourth-order valence-corrected chi connectivity index (χ4v) is 2.29. The van der Waals surface area contributed by atoms with Gasteiger partial charge in [0, 0.05) is 6.54 Å². The molecule has 1 heterocycles. The topological polar surface area (TPSA) is 74.2 Å².